The van der Waals surface area contributed by atoms with Gasteiger partial charge in [0.15, 0.2) is 0 Å². The summed E-state index contributed by atoms with van der Waals surface area (Å²) in [4.78, 5) is 27.9. The molecule has 2 saturated heterocycles. The van der Waals surface area contributed by atoms with Crippen molar-refractivity contribution >= 4 is 11.8 Å². The molecule has 4 nitrogen and oxygen atoms in total. The maximum absolute atomic E-state index is 12.3. The Labute approximate surface area is 103 Å². The molecule has 0 N–H and O–H groups in total. The fraction of sp³-hybridized carbons (Fsp3) is 0.846. The minimum Gasteiger partial charge on any atom is -0.329 e. The van der Waals surface area contributed by atoms with E-state index in [0.29, 0.717) is 5.92 Å². The van der Waals surface area contributed by atoms with E-state index in [1.165, 1.54) is 0 Å². The molecule has 0 radical (unpaired) electrons. The molecule has 2 rings (SSSR count). The molecule has 2 aliphatic rings. The zero-order chi connectivity index (χ0) is 12.6. The zero-order valence-electron chi connectivity index (χ0n) is 11.0. The first-order chi connectivity index (χ1) is 8.06. The quantitative estimate of drug-likeness (QED) is 0.742. The van der Waals surface area contributed by atoms with Crippen molar-refractivity contribution in [2.45, 2.75) is 52.1 Å². The monoisotopic (exact) mass is 238 g/mol. The Kier molecular flexibility index (Phi) is 3.40. The lowest BCUT2D eigenvalue weighted by molar-refractivity contribution is -0.156. The van der Waals surface area contributed by atoms with E-state index in [1.54, 1.807) is 9.80 Å². The van der Waals surface area contributed by atoms with Crippen molar-refractivity contribution in [2.75, 3.05) is 13.1 Å². The van der Waals surface area contributed by atoms with E-state index in [0.717, 1.165) is 25.8 Å². The second-order valence-electron chi connectivity index (χ2n) is 5.34. The lowest BCUT2D eigenvalue weighted by Crippen LogP contribution is -2.60. The van der Waals surface area contributed by atoms with Gasteiger partial charge in [0.1, 0.15) is 12.6 Å². The van der Waals surface area contributed by atoms with E-state index < -0.39 is 0 Å². The van der Waals surface area contributed by atoms with Gasteiger partial charge < -0.3 is 9.80 Å². The van der Waals surface area contributed by atoms with Crippen LogP contribution in [0.15, 0.2) is 0 Å². The van der Waals surface area contributed by atoms with Crippen molar-refractivity contribution in [3.8, 4) is 0 Å². The highest BCUT2D eigenvalue weighted by molar-refractivity contribution is 5.95. The van der Waals surface area contributed by atoms with Crippen molar-refractivity contribution in [1.29, 1.82) is 0 Å². The van der Waals surface area contributed by atoms with E-state index in [9.17, 15) is 9.59 Å². The summed E-state index contributed by atoms with van der Waals surface area (Å²) >= 11 is 0. The molecule has 0 aromatic heterocycles. The third kappa shape index (κ3) is 2.05. The van der Waals surface area contributed by atoms with Gasteiger partial charge in [-0.25, -0.2) is 0 Å². The van der Waals surface area contributed by atoms with Gasteiger partial charge in [0.2, 0.25) is 11.8 Å². The van der Waals surface area contributed by atoms with Crippen molar-refractivity contribution < 1.29 is 9.59 Å². The minimum atomic E-state index is -0.164. The summed E-state index contributed by atoms with van der Waals surface area (Å²) in [5, 5.41) is 0. The lowest BCUT2D eigenvalue weighted by Gasteiger charge is -2.41. The predicted octanol–water partition coefficient (Wildman–Crippen LogP) is 1.25. The second-order valence-corrected chi connectivity index (χ2v) is 5.34. The molecule has 4 heteroatoms. The van der Waals surface area contributed by atoms with Crippen LogP contribution in [0.4, 0.5) is 0 Å². The summed E-state index contributed by atoms with van der Waals surface area (Å²) in [5.41, 5.74) is 0. The van der Waals surface area contributed by atoms with E-state index in [1.807, 2.05) is 0 Å². The molecule has 0 bridgehead atoms. The van der Waals surface area contributed by atoms with E-state index >= 15 is 0 Å². The number of rotatable bonds is 3. The van der Waals surface area contributed by atoms with Crippen LogP contribution in [0.25, 0.3) is 0 Å². The molecule has 0 aliphatic carbocycles. The van der Waals surface area contributed by atoms with Gasteiger partial charge in [-0.2, -0.15) is 0 Å². The van der Waals surface area contributed by atoms with E-state index in [2.05, 4.69) is 20.8 Å². The molecule has 0 aromatic rings. The molecule has 0 spiro atoms. The maximum Gasteiger partial charge on any atom is 0.246 e. The molecular formula is C13H22N2O2. The average molecular weight is 238 g/mol. The topological polar surface area (TPSA) is 40.6 Å². The van der Waals surface area contributed by atoms with Crippen LogP contribution in [0.5, 0.6) is 0 Å². The normalized spacial score (nSPS) is 28.3. The van der Waals surface area contributed by atoms with Gasteiger partial charge in [-0.3, -0.25) is 9.59 Å². The number of hydrogen-bond acceptors (Lipinski definition) is 2. The molecule has 2 heterocycles. The fourth-order valence-electron chi connectivity index (χ4n) is 2.82. The van der Waals surface area contributed by atoms with E-state index in [4.69, 9.17) is 0 Å². The van der Waals surface area contributed by atoms with Gasteiger partial charge in [0.25, 0.3) is 0 Å². The summed E-state index contributed by atoms with van der Waals surface area (Å²) in [6.07, 6.45) is 2.84. The summed E-state index contributed by atoms with van der Waals surface area (Å²) in [6.45, 7) is 7.37. The fourth-order valence-corrected chi connectivity index (χ4v) is 2.82. The third-order valence-electron chi connectivity index (χ3n) is 4.41. The molecule has 2 amide bonds. The first-order valence-corrected chi connectivity index (χ1v) is 6.66. The lowest BCUT2D eigenvalue weighted by atomic mass is 9.97. The predicted molar refractivity (Wildman–Crippen MR) is 65.4 cm³/mol. The van der Waals surface area contributed by atoms with Gasteiger partial charge >= 0.3 is 0 Å². The Morgan fingerprint density at radius 3 is 2.71 bits per heavy atom. The first-order valence-electron chi connectivity index (χ1n) is 6.66. The summed E-state index contributed by atoms with van der Waals surface area (Å²) in [5.74, 6) is 0.733. The van der Waals surface area contributed by atoms with Crippen LogP contribution in [0.1, 0.15) is 40.0 Å². The van der Waals surface area contributed by atoms with Gasteiger partial charge in [-0.15, -0.1) is 0 Å². The number of nitrogens with zero attached hydrogens (tertiary/aromatic N) is 2. The van der Waals surface area contributed by atoms with Crippen LogP contribution in [0.3, 0.4) is 0 Å². The Balaban J connectivity index is 2.14. The van der Waals surface area contributed by atoms with Crippen molar-refractivity contribution in [3.63, 3.8) is 0 Å². The van der Waals surface area contributed by atoms with Crippen molar-refractivity contribution in [3.05, 3.63) is 0 Å². The molecule has 2 aliphatic heterocycles. The summed E-state index contributed by atoms with van der Waals surface area (Å²) < 4.78 is 0. The van der Waals surface area contributed by atoms with Gasteiger partial charge in [-0.1, -0.05) is 20.3 Å². The molecule has 3 atom stereocenters. The summed E-state index contributed by atoms with van der Waals surface area (Å²) in [7, 11) is 0. The number of amides is 2. The Hall–Kier alpha value is -1.06. The number of piperazine rings is 1. The molecule has 3 unspecified atom stereocenters. The molecule has 96 valence electrons. The number of hydrogen-bond donors (Lipinski definition) is 0. The van der Waals surface area contributed by atoms with Crippen molar-refractivity contribution in [2.24, 2.45) is 5.92 Å². The number of fused-ring (bicyclic) bond motifs is 1. The third-order valence-corrected chi connectivity index (χ3v) is 4.41. The number of carbonyl (C=O) groups excluding carboxylic acids is 2. The zero-order valence-corrected chi connectivity index (χ0v) is 11.0. The van der Waals surface area contributed by atoms with Crippen LogP contribution in [-0.4, -0.2) is 46.8 Å². The largest absolute Gasteiger partial charge is 0.329 e. The van der Waals surface area contributed by atoms with Crippen LogP contribution < -0.4 is 0 Å². The van der Waals surface area contributed by atoms with Gasteiger partial charge in [0, 0.05) is 12.6 Å². The van der Waals surface area contributed by atoms with Crippen LogP contribution in [0, 0.1) is 5.92 Å². The molecule has 0 saturated carbocycles. The Morgan fingerprint density at radius 1 is 1.35 bits per heavy atom. The van der Waals surface area contributed by atoms with Crippen LogP contribution in [-0.2, 0) is 9.59 Å². The molecule has 2 fully saturated rings. The Morgan fingerprint density at radius 2 is 2.06 bits per heavy atom. The highest BCUT2D eigenvalue weighted by Crippen LogP contribution is 2.26. The SMILES string of the molecule is CCC(C)C(C)N1CC(=O)N2CCCC2C1=O. The number of carbonyl (C=O) groups is 2. The molecule has 17 heavy (non-hydrogen) atoms. The van der Waals surface area contributed by atoms with Crippen LogP contribution >= 0.6 is 0 Å². The highest BCUT2D eigenvalue weighted by atomic mass is 16.2. The second kappa shape index (κ2) is 4.67. The first kappa shape index (κ1) is 12.4. The minimum absolute atomic E-state index is 0.127. The van der Waals surface area contributed by atoms with Gasteiger partial charge in [0.05, 0.1) is 0 Å². The smallest absolute Gasteiger partial charge is 0.246 e. The average Bonchev–Trinajstić information content (AvgIpc) is 2.81. The van der Waals surface area contributed by atoms with E-state index in [-0.39, 0.29) is 30.4 Å². The maximum atomic E-state index is 12.3. The van der Waals surface area contributed by atoms with Crippen molar-refractivity contribution in [1.82, 2.24) is 9.80 Å². The molecule has 0 aromatic carbocycles. The Bertz CT molecular complexity index is 329. The van der Waals surface area contributed by atoms with Gasteiger partial charge in [-0.05, 0) is 25.7 Å². The molecular weight excluding hydrogens is 216 g/mol. The summed E-state index contributed by atoms with van der Waals surface area (Å²) in [6, 6.07) is 0.00181. The highest BCUT2D eigenvalue weighted by Gasteiger charge is 2.43. The van der Waals surface area contributed by atoms with Crippen LogP contribution in [0.2, 0.25) is 0 Å². The standard InChI is InChI=1S/C13H22N2O2/c1-4-9(2)10(3)15-8-12(16)14-7-5-6-11(14)13(15)17/h9-11H,4-8H2,1-3H3.